The molecule has 4 nitrogen and oxygen atoms in total. The summed E-state index contributed by atoms with van der Waals surface area (Å²) in [4.78, 5) is 13.2. The molecule has 0 fully saturated rings. The molecule has 4 heteroatoms. The third kappa shape index (κ3) is 4.07. The first-order valence-corrected chi connectivity index (χ1v) is 4.82. The molecule has 1 amide bonds. The van der Waals surface area contributed by atoms with Gasteiger partial charge in [0.1, 0.15) is 0 Å². The Labute approximate surface area is 85.9 Å². The molecule has 0 aliphatic heterocycles. The largest absolute Gasteiger partial charge is 0.394 e. The Morgan fingerprint density at radius 1 is 1.50 bits per heavy atom. The number of aliphatic hydroxyl groups is 1. The van der Waals surface area contributed by atoms with Gasteiger partial charge in [0, 0.05) is 27.2 Å². The van der Waals surface area contributed by atoms with Crippen molar-refractivity contribution in [2.24, 2.45) is 0 Å². The average molecular weight is 203 g/mol. The Bertz CT molecular complexity index is 180. The monoisotopic (exact) mass is 203 g/mol. The van der Waals surface area contributed by atoms with Crippen LogP contribution in [0.15, 0.2) is 0 Å². The van der Waals surface area contributed by atoms with Crippen molar-refractivity contribution in [1.82, 2.24) is 4.90 Å². The van der Waals surface area contributed by atoms with Gasteiger partial charge in [-0.1, -0.05) is 0 Å². The second kappa shape index (κ2) is 5.98. The fourth-order valence-corrected chi connectivity index (χ4v) is 0.979. The molecule has 14 heavy (non-hydrogen) atoms. The molecule has 0 heterocycles. The van der Waals surface area contributed by atoms with E-state index in [0.29, 0.717) is 13.0 Å². The number of aliphatic hydroxyl groups excluding tert-OH is 1. The number of rotatable bonds is 6. The lowest BCUT2D eigenvalue weighted by molar-refractivity contribution is -0.136. The van der Waals surface area contributed by atoms with Crippen molar-refractivity contribution < 1.29 is 14.6 Å². The Hall–Kier alpha value is -0.610. The van der Waals surface area contributed by atoms with Crippen molar-refractivity contribution in [3.05, 3.63) is 0 Å². The number of carbonyl (C=O) groups excluding carboxylic acids is 1. The van der Waals surface area contributed by atoms with Gasteiger partial charge in [-0.15, -0.1) is 0 Å². The zero-order valence-corrected chi connectivity index (χ0v) is 9.54. The number of hydrogen-bond donors (Lipinski definition) is 1. The summed E-state index contributed by atoms with van der Waals surface area (Å²) in [6.45, 7) is 4.24. The Morgan fingerprint density at radius 3 is 2.50 bits per heavy atom. The summed E-state index contributed by atoms with van der Waals surface area (Å²) in [5.74, 6) is 0.0427. The first-order valence-electron chi connectivity index (χ1n) is 4.82. The summed E-state index contributed by atoms with van der Waals surface area (Å²) in [6, 6.07) is 0. The maximum atomic E-state index is 11.6. The summed E-state index contributed by atoms with van der Waals surface area (Å²) < 4.78 is 4.86. The van der Waals surface area contributed by atoms with Gasteiger partial charge >= 0.3 is 0 Å². The first-order chi connectivity index (χ1) is 6.45. The van der Waals surface area contributed by atoms with Crippen LogP contribution in [0.1, 0.15) is 26.7 Å². The number of carbonyl (C=O) groups is 1. The molecule has 0 rings (SSSR count). The molecule has 0 aromatic rings. The van der Waals surface area contributed by atoms with E-state index < -0.39 is 5.54 Å². The summed E-state index contributed by atoms with van der Waals surface area (Å²) in [6.07, 6.45) is 1.19. The molecule has 0 unspecified atom stereocenters. The quantitative estimate of drug-likeness (QED) is 0.645. The SMILES string of the molecule is COCCCC(=O)N(C)C(C)(C)CO. The summed E-state index contributed by atoms with van der Waals surface area (Å²) in [7, 11) is 3.33. The molecule has 0 radical (unpaired) electrons. The van der Waals surface area contributed by atoms with Crippen LogP contribution in [-0.2, 0) is 9.53 Å². The standard InChI is InChI=1S/C10H21NO3/c1-10(2,8-12)11(3)9(13)6-5-7-14-4/h12H,5-8H2,1-4H3. The topological polar surface area (TPSA) is 49.8 Å². The molecule has 1 N–H and O–H groups in total. The summed E-state index contributed by atoms with van der Waals surface area (Å²) in [5.41, 5.74) is -0.482. The fourth-order valence-electron chi connectivity index (χ4n) is 0.979. The van der Waals surface area contributed by atoms with Crippen LogP contribution in [0, 0.1) is 0 Å². The van der Waals surface area contributed by atoms with Crippen molar-refractivity contribution in [1.29, 1.82) is 0 Å². The predicted octanol–water partition coefficient (Wildman–Crippen LogP) is 0.642. The molecule has 0 aliphatic carbocycles. The smallest absolute Gasteiger partial charge is 0.222 e. The van der Waals surface area contributed by atoms with Gasteiger partial charge in [-0.05, 0) is 20.3 Å². The molecule has 0 aliphatic rings. The van der Waals surface area contributed by atoms with E-state index in [1.54, 1.807) is 19.1 Å². The number of methoxy groups -OCH3 is 1. The van der Waals surface area contributed by atoms with E-state index in [4.69, 9.17) is 9.84 Å². The zero-order chi connectivity index (χ0) is 11.2. The van der Waals surface area contributed by atoms with Crippen LogP contribution in [0.25, 0.3) is 0 Å². The van der Waals surface area contributed by atoms with Gasteiger partial charge in [0.05, 0.1) is 12.1 Å². The lowest BCUT2D eigenvalue weighted by atomic mass is 10.0. The van der Waals surface area contributed by atoms with E-state index in [2.05, 4.69) is 0 Å². The highest BCUT2D eigenvalue weighted by molar-refractivity contribution is 5.76. The average Bonchev–Trinajstić information content (AvgIpc) is 2.17. The van der Waals surface area contributed by atoms with E-state index in [0.717, 1.165) is 6.42 Å². The second-order valence-electron chi connectivity index (χ2n) is 4.02. The van der Waals surface area contributed by atoms with Crippen molar-refractivity contribution in [2.45, 2.75) is 32.2 Å². The minimum atomic E-state index is -0.482. The van der Waals surface area contributed by atoms with Gasteiger partial charge in [-0.2, -0.15) is 0 Å². The van der Waals surface area contributed by atoms with Crippen molar-refractivity contribution >= 4 is 5.91 Å². The van der Waals surface area contributed by atoms with E-state index in [1.165, 1.54) is 0 Å². The normalized spacial score (nSPS) is 11.5. The molecule has 84 valence electrons. The number of ether oxygens (including phenoxy) is 1. The molecule has 0 saturated carbocycles. The highest BCUT2D eigenvalue weighted by Crippen LogP contribution is 2.12. The number of amides is 1. The third-order valence-electron chi connectivity index (χ3n) is 2.41. The number of hydrogen-bond acceptors (Lipinski definition) is 3. The lowest BCUT2D eigenvalue weighted by Crippen LogP contribution is -2.47. The van der Waals surface area contributed by atoms with Crippen LogP contribution >= 0.6 is 0 Å². The van der Waals surface area contributed by atoms with Crippen molar-refractivity contribution in [2.75, 3.05) is 27.4 Å². The minimum absolute atomic E-state index is 0.0283. The van der Waals surface area contributed by atoms with Crippen LogP contribution in [0.5, 0.6) is 0 Å². The molecular weight excluding hydrogens is 182 g/mol. The van der Waals surface area contributed by atoms with Gasteiger partial charge in [0.2, 0.25) is 5.91 Å². The van der Waals surface area contributed by atoms with Gasteiger partial charge in [-0.25, -0.2) is 0 Å². The van der Waals surface area contributed by atoms with Crippen LogP contribution in [-0.4, -0.2) is 48.8 Å². The zero-order valence-electron chi connectivity index (χ0n) is 9.54. The van der Waals surface area contributed by atoms with Crippen molar-refractivity contribution in [3.63, 3.8) is 0 Å². The molecule has 0 aromatic carbocycles. The molecule has 0 aromatic heterocycles. The predicted molar refractivity (Wildman–Crippen MR) is 55.0 cm³/mol. The summed E-state index contributed by atoms with van der Waals surface area (Å²) in [5, 5.41) is 9.07. The third-order valence-corrected chi connectivity index (χ3v) is 2.41. The molecule has 0 bridgehead atoms. The second-order valence-corrected chi connectivity index (χ2v) is 4.02. The number of likely N-dealkylation sites (N-methyl/N-ethyl adjacent to an activating group) is 1. The van der Waals surface area contributed by atoms with Crippen LogP contribution < -0.4 is 0 Å². The van der Waals surface area contributed by atoms with E-state index in [-0.39, 0.29) is 12.5 Å². The van der Waals surface area contributed by atoms with E-state index in [9.17, 15) is 4.79 Å². The molecular formula is C10H21NO3. The maximum Gasteiger partial charge on any atom is 0.222 e. The van der Waals surface area contributed by atoms with Gasteiger partial charge < -0.3 is 14.7 Å². The van der Waals surface area contributed by atoms with Gasteiger partial charge in [0.15, 0.2) is 0 Å². The van der Waals surface area contributed by atoms with Crippen LogP contribution in [0.3, 0.4) is 0 Å². The first kappa shape index (κ1) is 13.4. The minimum Gasteiger partial charge on any atom is -0.394 e. The van der Waals surface area contributed by atoms with Gasteiger partial charge in [-0.3, -0.25) is 4.79 Å². The van der Waals surface area contributed by atoms with E-state index >= 15 is 0 Å². The Kier molecular flexibility index (Phi) is 5.72. The van der Waals surface area contributed by atoms with Crippen LogP contribution in [0.4, 0.5) is 0 Å². The maximum absolute atomic E-state index is 11.6. The lowest BCUT2D eigenvalue weighted by Gasteiger charge is -2.34. The fraction of sp³-hybridized carbons (Fsp3) is 0.900. The molecule has 0 saturated heterocycles. The Balaban J connectivity index is 3.99. The Morgan fingerprint density at radius 2 is 2.07 bits per heavy atom. The van der Waals surface area contributed by atoms with Gasteiger partial charge in [0.25, 0.3) is 0 Å². The molecule has 0 spiro atoms. The number of nitrogens with zero attached hydrogens (tertiary/aromatic N) is 1. The van der Waals surface area contributed by atoms with E-state index in [1.807, 2.05) is 13.8 Å². The highest BCUT2D eigenvalue weighted by atomic mass is 16.5. The molecule has 0 atom stereocenters. The summed E-state index contributed by atoms with van der Waals surface area (Å²) >= 11 is 0. The van der Waals surface area contributed by atoms with Crippen LogP contribution in [0.2, 0.25) is 0 Å². The highest BCUT2D eigenvalue weighted by Gasteiger charge is 2.25. The van der Waals surface area contributed by atoms with Crippen molar-refractivity contribution in [3.8, 4) is 0 Å².